The Labute approximate surface area is 103 Å². The molecule has 4 heteroatoms. The Morgan fingerprint density at radius 1 is 1.18 bits per heavy atom. The van der Waals surface area contributed by atoms with Crippen LogP contribution in [0.4, 0.5) is 4.79 Å². The molecule has 1 amide bonds. The minimum atomic E-state index is -0.505. The number of amides is 1. The van der Waals surface area contributed by atoms with Gasteiger partial charge in [-0.2, -0.15) is 0 Å². The molecule has 1 aliphatic carbocycles. The molecule has 0 bridgehead atoms. The van der Waals surface area contributed by atoms with Gasteiger partial charge in [0.2, 0.25) is 0 Å². The molecule has 1 atom stereocenters. The lowest BCUT2D eigenvalue weighted by atomic mass is 9.80. The summed E-state index contributed by atoms with van der Waals surface area (Å²) >= 11 is 0. The molecule has 1 unspecified atom stereocenters. The monoisotopic (exact) mass is 241 g/mol. The predicted molar refractivity (Wildman–Crippen MR) is 65.7 cm³/mol. The minimum Gasteiger partial charge on any atom is -0.453 e. The van der Waals surface area contributed by atoms with E-state index >= 15 is 0 Å². The topological polar surface area (TPSA) is 55.4 Å². The fourth-order valence-electron chi connectivity index (χ4n) is 2.43. The number of carbonyl (C=O) groups is 2. The van der Waals surface area contributed by atoms with Gasteiger partial charge in [-0.3, -0.25) is 4.79 Å². The number of rotatable bonds is 4. The Morgan fingerprint density at radius 3 is 2.24 bits per heavy atom. The molecule has 17 heavy (non-hydrogen) atoms. The number of ketones is 1. The Hall–Kier alpha value is -1.06. The van der Waals surface area contributed by atoms with Crippen LogP contribution in [0.1, 0.15) is 46.0 Å². The van der Waals surface area contributed by atoms with Crippen LogP contribution < -0.4 is 5.32 Å². The summed E-state index contributed by atoms with van der Waals surface area (Å²) in [5, 5.41) is 2.71. The summed E-state index contributed by atoms with van der Waals surface area (Å²) < 4.78 is 4.60. The van der Waals surface area contributed by atoms with Crippen molar-refractivity contribution >= 4 is 11.9 Å². The summed E-state index contributed by atoms with van der Waals surface area (Å²) in [5.74, 6) is 0.333. The van der Waals surface area contributed by atoms with E-state index in [4.69, 9.17) is 0 Å². The van der Waals surface area contributed by atoms with Crippen LogP contribution in [0.25, 0.3) is 0 Å². The van der Waals surface area contributed by atoms with E-state index in [1.165, 1.54) is 13.5 Å². The molecule has 1 fully saturated rings. The average molecular weight is 241 g/mol. The number of nitrogens with one attached hydrogen (secondary N) is 1. The van der Waals surface area contributed by atoms with E-state index < -0.39 is 6.09 Å². The van der Waals surface area contributed by atoms with E-state index in [0.29, 0.717) is 0 Å². The molecule has 0 aromatic rings. The molecule has 0 aliphatic heterocycles. The number of methoxy groups -OCH3 is 1. The third-order valence-corrected chi connectivity index (χ3v) is 3.46. The molecule has 98 valence electrons. The standard InChI is InChI=1S/C13H23NO3/c1-9(2)12(15)11(14-13(16)17-3)10-7-5-4-6-8-10/h9-11H,4-8H2,1-3H3,(H,14,16). The summed E-state index contributed by atoms with van der Waals surface area (Å²) in [6, 6.07) is -0.372. The molecule has 1 aliphatic rings. The minimum absolute atomic E-state index is 0.0564. The van der Waals surface area contributed by atoms with Crippen LogP contribution in [-0.2, 0) is 9.53 Å². The molecule has 4 nitrogen and oxygen atoms in total. The van der Waals surface area contributed by atoms with E-state index in [1.807, 2.05) is 13.8 Å². The maximum absolute atomic E-state index is 12.1. The molecule has 1 saturated carbocycles. The van der Waals surface area contributed by atoms with Crippen LogP contribution in [0.5, 0.6) is 0 Å². The number of hydrogen-bond acceptors (Lipinski definition) is 3. The molecule has 0 aromatic heterocycles. The highest BCUT2D eigenvalue weighted by Gasteiger charge is 2.32. The number of alkyl carbamates (subject to hydrolysis) is 1. The first-order chi connectivity index (χ1) is 8.06. The van der Waals surface area contributed by atoms with Crippen molar-refractivity contribution in [1.82, 2.24) is 5.32 Å². The highest BCUT2D eigenvalue weighted by molar-refractivity contribution is 5.89. The smallest absolute Gasteiger partial charge is 0.407 e. The van der Waals surface area contributed by atoms with Crippen molar-refractivity contribution in [2.24, 2.45) is 11.8 Å². The first-order valence-corrected chi connectivity index (χ1v) is 6.44. The van der Waals surface area contributed by atoms with Crippen molar-refractivity contribution in [1.29, 1.82) is 0 Å². The van der Waals surface area contributed by atoms with Gasteiger partial charge in [-0.25, -0.2) is 4.79 Å². The van der Waals surface area contributed by atoms with Crippen LogP contribution in [0.3, 0.4) is 0 Å². The normalized spacial score (nSPS) is 18.8. The van der Waals surface area contributed by atoms with E-state index in [2.05, 4.69) is 10.1 Å². The summed E-state index contributed by atoms with van der Waals surface area (Å²) in [4.78, 5) is 23.4. The molecule has 1 rings (SSSR count). The summed E-state index contributed by atoms with van der Waals surface area (Å²) in [7, 11) is 1.33. The Bertz CT molecular complexity index is 270. The summed E-state index contributed by atoms with van der Waals surface area (Å²) in [5.41, 5.74) is 0. The van der Waals surface area contributed by atoms with Gasteiger partial charge in [-0.1, -0.05) is 33.1 Å². The molecule has 1 N–H and O–H groups in total. The van der Waals surface area contributed by atoms with Gasteiger partial charge in [0.15, 0.2) is 5.78 Å². The van der Waals surface area contributed by atoms with Gasteiger partial charge in [-0.15, -0.1) is 0 Å². The third-order valence-electron chi connectivity index (χ3n) is 3.46. The van der Waals surface area contributed by atoms with Crippen molar-refractivity contribution in [3.05, 3.63) is 0 Å². The lowest BCUT2D eigenvalue weighted by molar-refractivity contribution is -0.125. The molecule has 0 aromatic carbocycles. The Kier molecular flexibility index (Phi) is 5.45. The molecule has 0 radical (unpaired) electrons. The van der Waals surface area contributed by atoms with E-state index in [-0.39, 0.29) is 23.7 Å². The second-order valence-corrected chi connectivity index (χ2v) is 5.07. The highest BCUT2D eigenvalue weighted by Crippen LogP contribution is 2.28. The van der Waals surface area contributed by atoms with Crippen LogP contribution in [0.2, 0.25) is 0 Å². The maximum Gasteiger partial charge on any atom is 0.407 e. The predicted octanol–water partition coefficient (Wildman–Crippen LogP) is 2.52. The van der Waals surface area contributed by atoms with Crippen LogP contribution in [0.15, 0.2) is 0 Å². The quantitative estimate of drug-likeness (QED) is 0.822. The van der Waals surface area contributed by atoms with Crippen molar-refractivity contribution in [3.8, 4) is 0 Å². The first kappa shape index (κ1) is 14.0. The fourth-order valence-corrected chi connectivity index (χ4v) is 2.43. The van der Waals surface area contributed by atoms with Gasteiger partial charge in [-0.05, 0) is 18.8 Å². The highest BCUT2D eigenvalue weighted by atomic mass is 16.5. The largest absolute Gasteiger partial charge is 0.453 e. The summed E-state index contributed by atoms with van der Waals surface area (Å²) in [6.45, 7) is 3.74. The van der Waals surface area contributed by atoms with Crippen LogP contribution in [-0.4, -0.2) is 25.0 Å². The average Bonchev–Trinajstić information content (AvgIpc) is 2.35. The van der Waals surface area contributed by atoms with Gasteiger partial charge in [0, 0.05) is 5.92 Å². The molecular weight excluding hydrogens is 218 g/mol. The molecule has 0 saturated heterocycles. The SMILES string of the molecule is COC(=O)NC(C(=O)C(C)C)C1CCCCC1. The van der Waals surface area contributed by atoms with Crippen LogP contribution >= 0.6 is 0 Å². The second-order valence-electron chi connectivity index (χ2n) is 5.07. The molecular formula is C13H23NO3. The zero-order chi connectivity index (χ0) is 12.8. The zero-order valence-electron chi connectivity index (χ0n) is 11.0. The van der Waals surface area contributed by atoms with Gasteiger partial charge in [0.1, 0.15) is 0 Å². The zero-order valence-corrected chi connectivity index (χ0v) is 11.0. The summed E-state index contributed by atoms with van der Waals surface area (Å²) in [6.07, 6.45) is 5.07. The van der Waals surface area contributed by atoms with Crippen molar-refractivity contribution in [3.63, 3.8) is 0 Å². The molecule has 0 heterocycles. The van der Waals surface area contributed by atoms with Gasteiger partial charge in [0.05, 0.1) is 13.2 Å². The van der Waals surface area contributed by atoms with Crippen molar-refractivity contribution in [2.45, 2.75) is 52.0 Å². The van der Waals surface area contributed by atoms with Crippen molar-refractivity contribution < 1.29 is 14.3 Å². The maximum atomic E-state index is 12.1. The number of hydrogen-bond donors (Lipinski definition) is 1. The second kappa shape index (κ2) is 6.62. The Balaban J connectivity index is 2.69. The van der Waals surface area contributed by atoms with Gasteiger partial charge < -0.3 is 10.1 Å². The van der Waals surface area contributed by atoms with Gasteiger partial charge in [0.25, 0.3) is 0 Å². The van der Waals surface area contributed by atoms with Gasteiger partial charge >= 0.3 is 6.09 Å². The Morgan fingerprint density at radius 2 is 1.76 bits per heavy atom. The number of carbonyl (C=O) groups excluding carboxylic acids is 2. The lowest BCUT2D eigenvalue weighted by Gasteiger charge is -2.30. The molecule has 0 spiro atoms. The van der Waals surface area contributed by atoms with E-state index in [9.17, 15) is 9.59 Å². The third kappa shape index (κ3) is 4.02. The van der Waals surface area contributed by atoms with Crippen LogP contribution in [0, 0.1) is 11.8 Å². The number of Topliss-reactive ketones (excluding diaryl/α,β-unsaturated/α-hetero) is 1. The first-order valence-electron chi connectivity index (χ1n) is 6.44. The van der Waals surface area contributed by atoms with E-state index in [0.717, 1.165) is 25.7 Å². The van der Waals surface area contributed by atoms with E-state index in [1.54, 1.807) is 0 Å². The van der Waals surface area contributed by atoms with Crippen molar-refractivity contribution in [2.75, 3.05) is 7.11 Å². The lowest BCUT2D eigenvalue weighted by Crippen LogP contribution is -2.48. The number of ether oxygens (including phenoxy) is 1. The fraction of sp³-hybridized carbons (Fsp3) is 0.846.